The van der Waals surface area contributed by atoms with Crippen molar-refractivity contribution in [1.82, 2.24) is 9.97 Å². The molecule has 4 nitrogen and oxygen atoms in total. The highest BCUT2D eigenvalue weighted by Crippen LogP contribution is 2.03. The van der Waals surface area contributed by atoms with Crippen LogP contribution in [-0.2, 0) is 0 Å². The highest BCUT2D eigenvalue weighted by Gasteiger charge is 2.06. The highest BCUT2D eigenvalue weighted by molar-refractivity contribution is 5.23. The summed E-state index contributed by atoms with van der Waals surface area (Å²) in [6.07, 6.45) is 3.76. The Morgan fingerprint density at radius 1 is 1.38 bits per heavy atom. The largest absolute Gasteiger partial charge is 0.393 e. The first-order valence-electron chi connectivity index (χ1n) is 4.40. The fourth-order valence-corrected chi connectivity index (χ4v) is 1.16. The summed E-state index contributed by atoms with van der Waals surface area (Å²) < 4.78 is 0. The Labute approximate surface area is 78.0 Å². The van der Waals surface area contributed by atoms with Gasteiger partial charge in [0.15, 0.2) is 0 Å². The Kier molecular flexibility index (Phi) is 3.64. The third kappa shape index (κ3) is 3.85. The standard InChI is InChI=1S/C9H15N3O/c1-7(6-8(2)13)12-9-10-4-3-5-11-9/h3-5,7-8,13H,6H2,1-2H3,(H,10,11,12). The minimum atomic E-state index is -0.300. The molecule has 0 aromatic carbocycles. The molecule has 0 saturated carbocycles. The molecule has 1 heterocycles. The summed E-state index contributed by atoms with van der Waals surface area (Å²) in [7, 11) is 0. The quantitative estimate of drug-likeness (QED) is 0.729. The summed E-state index contributed by atoms with van der Waals surface area (Å²) in [6.45, 7) is 3.76. The molecule has 13 heavy (non-hydrogen) atoms. The fourth-order valence-electron chi connectivity index (χ4n) is 1.16. The second-order valence-corrected chi connectivity index (χ2v) is 3.20. The van der Waals surface area contributed by atoms with Crippen LogP contribution in [0.3, 0.4) is 0 Å². The molecule has 1 rings (SSSR count). The molecule has 0 bridgehead atoms. The van der Waals surface area contributed by atoms with E-state index in [1.165, 1.54) is 0 Å². The Bertz CT molecular complexity index is 238. The predicted octanol–water partition coefficient (Wildman–Crippen LogP) is 1.05. The normalized spacial score (nSPS) is 15.0. The van der Waals surface area contributed by atoms with Crippen LogP contribution >= 0.6 is 0 Å². The first kappa shape index (κ1) is 9.92. The van der Waals surface area contributed by atoms with Crippen LogP contribution in [0.1, 0.15) is 20.3 Å². The first-order chi connectivity index (χ1) is 6.18. The van der Waals surface area contributed by atoms with E-state index in [1.54, 1.807) is 25.4 Å². The molecule has 2 N–H and O–H groups in total. The molecule has 4 heteroatoms. The van der Waals surface area contributed by atoms with Crippen LogP contribution in [0.25, 0.3) is 0 Å². The van der Waals surface area contributed by atoms with Crippen LogP contribution in [0.15, 0.2) is 18.5 Å². The zero-order chi connectivity index (χ0) is 9.68. The number of rotatable bonds is 4. The first-order valence-corrected chi connectivity index (χ1v) is 4.40. The van der Waals surface area contributed by atoms with E-state index >= 15 is 0 Å². The molecule has 0 radical (unpaired) electrons. The van der Waals surface area contributed by atoms with E-state index < -0.39 is 0 Å². The van der Waals surface area contributed by atoms with Gasteiger partial charge in [0.2, 0.25) is 5.95 Å². The average molecular weight is 181 g/mol. The molecule has 1 aromatic heterocycles. The summed E-state index contributed by atoms with van der Waals surface area (Å²) >= 11 is 0. The Balaban J connectivity index is 2.41. The van der Waals surface area contributed by atoms with Crippen molar-refractivity contribution in [2.75, 3.05) is 5.32 Å². The van der Waals surface area contributed by atoms with Gasteiger partial charge >= 0.3 is 0 Å². The zero-order valence-electron chi connectivity index (χ0n) is 7.94. The van der Waals surface area contributed by atoms with E-state index in [9.17, 15) is 0 Å². The van der Waals surface area contributed by atoms with E-state index in [2.05, 4.69) is 15.3 Å². The number of nitrogens with zero attached hydrogens (tertiary/aromatic N) is 2. The molecule has 0 aliphatic heterocycles. The van der Waals surface area contributed by atoms with Crippen LogP contribution in [0.4, 0.5) is 5.95 Å². The molecule has 0 fully saturated rings. The van der Waals surface area contributed by atoms with E-state index in [0.717, 1.165) is 0 Å². The van der Waals surface area contributed by atoms with E-state index in [-0.39, 0.29) is 12.1 Å². The van der Waals surface area contributed by atoms with Crippen molar-refractivity contribution in [1.29, 1.82) is 0 Å². The van der Waals surface area contributed by atoms with Gasteiger partial charge < -0.3 is 10.4 Å². The van der Waals surface area contributed by atoms with Gasteiger partial charge in [0.1, 0.15) is 0 Å². The van der Waals surface area contributed by atoms with Gasteiger partial charge in [-0.2, -0.15) is 0 Å². The maximum absolute atomic E-state index is 9.12. The second kappa shape index (κ2) is 4.77. The van der Waals surface area contributed by atoms with Gasteiger partial charge in [-0.1, -0.05) is 0 Å². The molecule has 72 valence electrons. The third-order valence-corrected chi connectivity index (χ3v) is 1.64. The van der Waals surface area contributed by atoms with Crippen molar-refractivity contribution in [3.8, 4) is 0 Å². The van der Waals surface area contributed by atoms with Crippen LogP contribution in [0.2, 0.25) is 0 Å². The van der Waals surface area contributed by atoms with Gasteiger partial charge in [0.05, 0.1) is 6.10 Å². The number of aliphatic hydroxyl groups excluding tert-OH is 1. The molecule has 0 amide bonds. The molecule has 2 unspecified atom stereocenters. The molecule has 2 atom stereocenters. The van der Waals surface area contributed by atoms with Gasteiger partial charge in [-0.15, -0.1) is 0 Å². The lowest BCUT2D eigenvalue weighted by Crippen LogP contribution is -2.21. The lowest BCUT2D eigenvalue weighted by atomic mass is 10.2. The maximum Gasteiger partial charge on any atom is 0.222 e. The molecule has 0 aliphatic rings. The SMILES string of the molecule is CC(O)CC(C)Nc1ncccn1. The van der Waals surface area contributed by atoms with Crippen LogP contribution in [0, 0.1) is 0 Å². The number of hydrogen-bond acceptors (Lipinski definition) is 4. The predicted molar refractivity (Wildman–Crippen MR) is 51.4 cm³/mol. The number of nitrogens with one attached hydrogen (secondary N) is 1. The topological polar surface area (TPSA) is 58.0 Å². The van der Waals surface area contributed by atoms with Crippen molar-refractivity contribution in [3.05, 3.63) is 18.5 Å². The van der Waals surface area contributed by atoms with E-state index in [0.29, 0.717) is 12.4 Å². The molecular formula is C9H15N3O. The maximum atomic E-state index is 9.12. The van der Waals surface area contributed by atoms with Crippen molar-refractivity contribution in [2.24, 2.45) is 0 Å². The summed E-state index contributed by atoms with van der Waals surface area (Å²) in [5.74, 6) is 0.607. The Hall–Kier alpha value is -1.16. The Morgan fingerprint density at radius 3 is 2.54 bits per heavy atom. The number of aromatic nitrogens is 2. The van der Waals surface area contributed by atoms with Crippen molar-refractivity contribution in [2.45, 2.75) is 32.4 Å². The van der Waals surface area contributed by atoms with Crippen molar-refractivity contribution >= 4 is 5.95 Å². The van der Waals surface area contributed by atoms with Crippen molar-refractivity contribution < 1.29 is 5.11 Å². The lowest BCUT2D eigenvalue weighted by Gasteiger charge is -2.14. The number of anilines is 1. The molecule has 0 aliphatic carbocycles. The average Bonchev–Trinajstić information content (AvgIpc) is 2.04. The van der Waals surface area contributed by atoms with E-state index in [4.69, 9.17) is 5.11 Å². The fraction of sp³-hybridized carbons (Fsp3) is 0.556. The zero-order valence-corrected chi connectivity index (χ0v) is 7.94. The molecule has 1 aromatic rings. The lowest BCUT2D eigenvalue weighted by molar-refractivity contribution is 0.179. The highest BCUT2D eigenvalue weighted by atomic mass is 16.3. The second-order valence-electron chi connectivity index (χ2n) is 3.20. The van der Waals surface area contributed by atoms with Crippen molar-refractivity contribution in [3.63, 3.8) is 0 Å². The monoisotopic (exact) mass is 181 g/mol. The van der Waals surface area contributed by atoms with Crippen LogP contribution < -0.4 is 5.32 Å². The van der Waals surface area contributed by atoms with Gasteiger partial charge in [-0.3, -0.25) is 0 Å². The summed E-state index contributed by atoms with van der Waals surface area (Å²) in [5, 5.41) is 12.2. The Morgan fingerprint density at radius 2 is 2.00 bits per heavy atom. The number of hydrogen-bond donors (Lipinski definition) is 2. The molecule has 0 spiro atoms. The van der Waals surface area contributed by atoms with Gasteiger partial charge in [0, 0.05) is 18.4 Å². The minimum absolute atomic E-state index is 0.183. The van der Waals surface area contributed by atoms with Crippen LogP contribution in [-0.4, -0.2) is 27.2 Å². The van der Waals surface area contributed by atoms with Gasteiger partial charge in [0.25, 0.3) is 0 Å². The van der Waals surface area contributed by atoms with Crippen LogP contribution in [0.5, 0.6) is 0 Å². The molecular weight excluding hydrogens is 166 g/mol. The van der Waals surface area contributed by atoms with Gasteiger partial charge in [-0.05, 0) is 26.3 Å². The summed E-state index contributed by atoms with van der Waals surface area (Å²) in [6, 6.07) is 1.95. The van der Waals surface area contributed by atoms with E-state index in [1.807, 2.05) is 6.92 Å². The summed E-state index contributed by atoms with van der Waals surface area (Å²) in [4.78, 5) is 8.04. The number of aliphatic hydroxyl groups is 1. The smallest absolute Gasteiger partial charge is 0.222 e. The molecule has 0 saturated heterocycles. The third-order valence-electron chi connectivity index (χ3n) is 1.64. The van der Waals surface area contributed by atoms with Gasteiger partial charge in [-0.25, -0.2) is 9.97 Å². The minimum Gasteiger partial charge on any atom is -0.393 e. The summed E-state index contributed by atoms with van der Waals surface area (Å²) in [5.41, 5.74) is 0.